The Labute approximate surface area is 126 Å². The molecule has 0 saturated heterocycles. The second-order valence-electron chi connectivity index (χ2n) is 5.55. The zero-order valence-electron chi connectivity index (χ0n) is 12.1. The van der Waals surface area contributed by atoms with Crippen molar-refractivity contribution in [1.29, 1.82) is 0 Å². The van der Waals surface area contributed by atoms with Crippen LogP contribution in [-0.4, -0.2) is 29.1 Å². The van der Waals surface area contributed by atoms with Crippen molar-refractivity contribution in [2.45, 2.75) is 54.4 Å². The van der Waals surface area contributed by atoms with Crippen LogP contribution >= 0.6 is 0 Å². The molecule has 1 saturated carbocycles. The molecule has 0 amide bonds. The Morgan fingerprint density at radius 3 is 1.81 bits per heavy atom. The van der Waals surface area contributed by atoms with Crippen molar-refractivity contribution in [3.05, 3.63) is 24.3 Å². The summed E-state index contributed by atoms with van der Waals surface area (Å²) < 4.78 is 50.1. The van der Waals surface area contributed by atoms with Crippen molar-refractivity contribution in [1.82, 2.24) is 4.72 Å². The molecule has 7 heteroatoms. The van der Waals surface area contributed by atoms with Gasteiger partial charge in [-0.1, -0.05) is 25.7 Å². The molecule has 1 aromatic rings. The van der Waals surface area contributed by atoms with Crippen molar-refractivity contribution in [2.75, 3.05) is 6.26 Å². The fraction of sp³-hybridized carbons (Fsp3) is 0.571. The van der Waals surface area contributed by atoms with Crippen LogP contribution in [0.4, 0.5) is 0 Å². The average molecular weight is 331 g/mol. The second-order valence-corrected chi connectivity index (χ2v) is 9.28. The Bertz CT molecular complexity index is 670. The molecule has 1 N–H and O–H groups in total. The van der Waals surface area contributed by atoms with Crippen molar-refractivity contribution < 1.29 is 16.8 Å². The predicted octanol–water partition coefficient (Wildman–Crippen LogP) is 2.09. The Hall–Kier alpha value is -0.920. The van der Waals surface area contributed by atoms with Gasteiger partial charge in [0, 0.05) is 12.3 Å². The largest absolute Gasteiger partial charge is 0.240 e. The van der Waals surface area contributed by atoms with Crippen LogP contribution < -0.4 is 4.72 Å². The number of sulfone groups is 1. The summed E-state index contributed by atoms with van der Waals surface area (Å²) in [6.07, 6.45) is 7.21. The van der Waals surface area contributed by atoms with E-state index in [4.69, 9.17) is 0 Å². The maximum atomic E-state index is 12.3. The van der Waals surface area contributed by atoms with Crippen LogP contribution in [0.3, 0.4) is 0 Å². The summed E-state index contributed by atoms with van der Waals surface area (Å²) in [4.78, 5) is 0.232. The van der Waals surface area contributed by atoms with E-state index < -0.39 is 19.9 Å². The highest BCUT2D eigenvalue weighted by Crippen LogP contribution is 2.20. The molecule has 0 atom stereocenters. The van der Waals surface area contributed by atoms with Crippen molar-refractivity contribution in [2.24, 2.45) is 0 Å². The second kappa shape index (κ2) is 6.46. The first kappa shape index (κ1) is 16.5. The van der Waals surface area contributed by atoms with Crippen molar-refractivity contribution >= 4 is 19.9 Å². The molecule has 21 heavy (non-hydrogen) atoms. The van der Waals surface area contributed by atoms with E-state index in [1.807, 2.05) is 0 Å². The van der Waals surface area contributed by atoms with E-state index >= 15 is 0 Å². The van der Waals surface area contributed by atoms with Crippen LogP contribution in [0.2, 0.25) is 0 Å². The molecule has 0 heterocycles. The molecule has 1 fully saturated rings. The lowest BCUT2D eigenvalue weighted by atomic mass is 10.1. The summed E-state index contributed by atoms with van der Waals surface area (Å²) in [5.74, 6) is 0. The minimum Gasteiger partial charge on any atom is -0.224 e. The third kappa shape index (κ3) is 4.52. The van der Waals surface area contributed by atoms with Crippen LogP contribution in [0.5, 0.6) is 0 Å². The molecule has 0 unspecified atom stereocenters. The van der Waals surface area contributed by atoms with Gasteiger partial charge < -0.3 is 0 Å². The Balaban J connectivity index is 2.15. The van der Waals surface area contributed by atoms with Gasteiger partial charge in [0.05, 0.1) is 9.79 Å². The standard InChI is InChI=1S/C14H21NO4S2/c1-20(16,17)13-8-10-14(11-9-13)21(18,19)15-12-6-4-2-3-5-7-12/h8-12,15H,2-7H2,1H3. The zero-order chi connectivity index (χ0) is 15.5. The zero-order valence-corrected chi connectivity index (χ0v) is 13.7. The van der Waals surface area contributed by atoms with E-state index in [9.17, 15) is 16.8 Å². The normalized spacial score (nSPS) is 18.3. The van der Waals surface area contributed by atoms with Crippen LogP contribution in [0, 0.1) is 0 Å². The lowest BCUT2D eigenvalue weighted by Crippen LogP contribution is -2.34. The highest BCUT2D eigenvalue weighted by atomic mass is 32.2. The summed E-state index contributed by atoms with van der Waals surface area (Å²) in [6.45, 7) is 0. The molecular weight excluding hydrogens is 310 g/mol. The molecule has 118 valence electrons. The van der Waals surface area contributed by atoms with Crippen LogP contribution in [0.15, 0.2) is 34.1 Å². The van der Waals surface area contributed by atoms with E-state index in [0.717, 1.165) is 44.8 Å². The first-order valence-corrected chi connectivity index (χ1v) is 10.5. The minimum atomic E-state index is -3.58. The van der Waals surface area contributed by atoms with Gasteiger partial charge in [0.2, 0.25) is 10.0 Å². The van der Waals surface area contributed by atoms with Gasteiger partial charge in [0.1, 0.15) is 0 Å². The summed E-state index contributed by atoms with van der Waals surface area (Å²) in [7, 11) is -6.90. The SMILES string of the molecule is CS(=O)(=O)c1ccc(S(=O)(=O)NC2CCCCCC2)cc1. The predicted molar refractivity (Wildman–Crippen MR) is 81.4 cm³/mol. The van der Waals surface area contributed by atoms with Gasteiger partial charge in [-0.2, -0.15) is 0 Å². The minimum absolute atomic E-state index is 0.0212. The molecular formula is C14H21NO4S2. The van der Waals surface area contributed by atoms with Gasteiger partial charge in [-0.25, -0.2) is 21.6 Å². The van der Waals surface area contributed by atoms with E-state index in [2.05, 4.69) is 4.72 Å². The van der Waals surface area contributed by atoms with Gasteiger partial charge in [-0.05, 0) is 37.1 Å². The Morgan fingerprint density at radius 2 is 1.33 bits per heavy atom. The number of benzene rings is 1. The van der Waals surface area contributed by atoms with E-state index in [0.29, 0.717) is 0 Å². The van der Waals surface area contributed by atoms with Crippen LogP contribution in [0.1, 0.15) is 38.5 Å². The summed E-state index contributed by atoms with van der Waals surface area (Å²) in [5, 5.41) is 0. The van der Waals surface area contributed by atoms with Gasteiger partial charge in [-0.3, -0.25) is 0 Å². The smallest absolute Gasteiger partial charge is 0.224 e. The molecule has 1 aromatic carbocycles. The summed E-state index contributed by atoms with van der Waals surface area (Å²) >= 11 is 0. The van der Waals surface area contributed by atoms with Gasteiger partial charge in [0.25, 0.3) is 0 Å². The highest BCUT2D eigenvalue weighted by molar-refractivity contribution is 7.90. The molecule has 5 nitrogen and oxygen atoms in total. The van der Waals surface area contributed by atoms with Gasteiger partial charge in [0.15, 0.2) is 9.84 Å². The van der Waals surface area contributed by atoms with Crippen LogP contribution in [-0.2, 0) is 19.9 Å². The lowest BCUT2D eigenvalue weighted by molar-refractivity contribution is 0.510. The van der Waals surface area contributed by atoms with E-state index in [-0.39, 0.29) is 15.8 Å². The molecule has 0 spiro atoms. The number of rotatable bonds is 4. The quantitative estimate of drug-likeness (QED) is 0.857. The highest BCUT2D eigenvalue weighted by Gasteiger charge is 2.21. The molecule has 1 aliphatic carbocycles. The Kier molecular flexibility index (Phi) is 5.06. The van der Waals surface area contributed by atoms with E-state index in [1.165, 1.54) is 24.3 Å². The number of hydrogen-bond acceptors (Lipinski definition) is 4. The van der Waals surface area contributed by atoms with Gasteiger partial charge >= 0.3 is 0 Å². The van der Waals surface area contributed by atoms with Gasteiger partial charge in [-0.15, -0.1) is 0 Å². The third-order valence-electron chi connectivity index (χ3n) is 3.74. The van der Waals surface area contributed by atoms with Crippen molar-refractivity contribution in [3.63, 3.8) is 0 Å². The summed E-state index contributed by atoms with van der Waals surface area (Å²) in [6, 6.07) is 5.32. The average Bonchev–Trinajstić information content (AvgIpc) is 2.66. The first-order valence-electron chi connectivity index (χ1n) is 7.11. The number of sulfonamides is 1. The fourth-order valence-corrected chi connectivity index (χ4v) is 4.49. The van der Waals surface area contributed by atoms with E-state index in [1.54, 1.807) is 0 Å². The molecule has 0 aliphatic heterocycles. The van der Waals surface area contributed by atoms with Crippen LogP contribution in [0.25, 0.3) is 0 Å². The third-order valence-corrected chi connectivity index (χ3v) is 6.40. The first-order chi connectivity index (χ1) is 9.79. The maximum Gasteiger partial charge on any atom is 0.240 e. The Morgan fingerprint density at radius 1 is 0.857 bits per heavy atom. The molecule has 0 aromatic heterocycles. The molecule has 0 radical (unpaired) electrons. The summed E-state index contributed by atoms with van der Waals surface area (Å²) in [5.41, 5.74) is 0. The molecule has 0 bridgehead atoms. The monoisotopic (exact) mass is 331 g/mol. The molecule has 1 aliphatic rings. The fourth-order valence-electron chi connectivity index (χ4n) is 2.55. The number of hydrogen-bond donors (Lipinski definition) is 1. The molecule has 2 rings (SSSR count). The maximum absolute atomic E-state index is 12.3. The lowest BCUT2D eigenvalue weighted by Gasteiger charge is -2.16. The number of nitrogens with one attached hydrogen (secondary N) is 1. The topological polar surface area (TPSA) is 80.3 Å². The van der Waals surface area contributed by atoms with Crippen molar-refractivity contribution in [3.8, 4) is 0 Å².